The molecule has 5 rings (SSSR count). The summed E-state index contributed by atoms with van der Waals surface area (Å²) in [5, 5.41) is 16.2. The summed E-state index contributed by atoms with van der Waals surface area (Å²) in [4.78, 5) is 16.8. The molecule has 4 nitrogen and oxygen atoms in total. The monoisotopic (exact) mass is 770 g/mol. The molecule has 0 saturated heterocycles. The molecule has 3 aromatic carbocycles. The molecule has 1 radical (unpaired) electrons. The van der Waals surface area contributed by atoms with Crippen molar-refractivity contribution in [2.45, 2.75) is 101 Å². The molecule has 0 unspecified atom stereocenters. The van der Waals surface area contributed by atoms with E-state index in [4.69, 9.17) is 0 Å². The summed E-state index contributed by atoms with van der Waals surface area (Å²) < 4.78 is 2.19. The van der Waals surface area contributed by atoms with Gasteiger partial charge in [-0.15, -0.1) is 23.1 Å². The molecule has 0 atom stereocenters. The Morgan fingerprint density at radius 1 is 0.955 bits per heavy atom. The Hall–Kier alpha value is -3.01. The van der Waals surface area contributed by atoms with Gasteiger partial charge in [-0.3, -0.25) is 9.78 Å². The van der Waals surface area contributed by atoms with Gasteiger partial charge < -0.3 is 9.51 Å². The van der Waals surface area contributed by atoms with E-state index in [1.807, 2.05) is 47.7 Å². The Kier molecular flexibility index (Phi) is 11.3. The first kappa shape index (κ1) is 35.5. The van der Waals surface area contributed by atoms with Crippen molar-refractivity contribution in [3.63, 3.8) is 0 Å². The van der Waals surface area contributed by atoms with Crippen molar-refractivity contribution in [2.24, 2.45) is 10.8 Å². The maximum atomic E-state index is 12.2. The summed E-state index contributed by atoms with van der Waals surface area (Å²) in [5.74, 6) is 0.786. The van der Waals surface area contributed by atoms with Crippen molar-refractivity contribution in [3.05, 3.63) is 83.4 Å². The molecule has 44 heavy (non-hydrogen) atoms. The SMILES string of the molecule is CCC(C)(CC)C(=O)/C=C(\O)C(C)(CC)CC.Cc1ccc2[c-]c3c(c(C)c2c1)c1cc(C(C)C)ccc1n1ccnc31.[Ir]. The van der Waals surface area contributed by atoms with Gasteiger partial charge in [-0.2, -0.15) is 0 Å². The van der Waals surface area contributed by atoms with Gasteiger partial charge in [0, 0.05) is 54.9 Å². The van der Waals surface area contributed by atoms with Crippen LogP contribution in [0.3, 0.4) is 0 Å². The van der Waals surface area contributed by atoms with E-state index in [1.165, 1.54) is 44.4 Å². The molecule has 0 amide bonds. The van der Waals surface area contributed by atoms with Crippen molar-refractivity contribution >= 4 is 43.9 Å². The first-order chi connectivity index (χ1) is 20.3. The van der Waals surface area contributed by atoms with E-state index in [9.17, 15) is 9.90 Å². The van der Waals surface area contributed by atoms with Crippen LogP contribution < -0.4 is 0 Å². The van der Waals surface area contributed by atoms with E-state index >= 15 is 0 Å². The van der Waals surface area contributed by atoms with Crippen LogP contribution in [-0.2, 0) is 24.9 Å². The topological polar surface area (TPSA) is 54.6 Å². The fourth-order valence-electron chi connectivity index (χ4n) is 5.79. The largest absolute Gasteiger partial charge is 0.512 e. The van der Waals surface area contributed by atoms with Gasteiger partial charge >= 0.3 is 0 Å². The quantitative estimate of drug-likeness (QED) is 0.0562. The fourth-order valence-corrected chi connectivity index (χ4v) is 5.79. The van der Waals surface area contributed by atoms with Crippen LogP contribution in [0.1, 0.15) is 104 Å². The van der Waals surface area contributed by atoms with Crippen LogP contribution >= 0.6 is 0 Å². The number of aliphatic hydroxyl groups is 1. The van der Waals surface area contributed by atoms with Crippen molar-refractivity contribution in [2.75, 3.05) is 0 Å². The molecule has 0 spiro atoms. The average molecular weight is 770 g/mol. The molecule has 2 heterocycles. The Morgan fingerprint density at radius 2 is 1.59 bits per heavy atom. The van der Waals surface area contributed by atoms with Crippen molar-refractivity contribution in [3.8, 4) is 0 Å². The van der Waals surface area contributed by atoms with Crippen molar-refractivity contribution in [1.29, 1.82) is 0 Å². The second-order valence-corrected chi connectivity index (χ2v) is 13.0. The Bertz CT molecular complexity index is 1820. The zero-order chi connectivity index (χ0) is 31.7. The number of carbonyl (C=O) groups is 1. The van der Waals surface area contributed by atoms with Gasteiger partial charge in [-0.05, 0) is 55.5 Å². The number of pyridine rings is 1. The molecule has 0 bridgehead atoms. The smallest absolute Gasteiger partial charge is 0.164 e. The van der Waals surface area contributed by atoms with E-state index in [0.29, 0.717) is 5.92 Å². The van der Waals surface area contributed by atoms with Gasteiger partial charge in [0.05, 0.1) is 5.65 Å². The first-order valence-electron chi connectivity index (χ1n) is 15.9. The molecule has 0 aliphatic heterocycles. The van der Waals surface area contributed by atoms with Gasteiger partial charge in [-0.1, -0.05) is 108 Å². The third-order valence-electron chi connectivity index (χ3n) is 10.1. The van der Waals surface area contributed by atoms with Crippen LogP contribution in [0.15, 0.2) is 60.6 Å². The van der Waals surface area contributed by atoms with E-state index in [-0.39, 0.29) is 42.5 Å². The number of fused-ring (bicyclic) bond motifs is 7. The van der Waals surface area contributed by atoms with Gasteiger partial charge in [0.25, 0.3) is 0 Å². The number of rotatable bonds is 8. The molecule has 0 saturated carbocycles. The maximum Gasteiger partial charge on any atom is 0.164 e. The maximum absolute atomic E-state index is 12.2. The van der Waals surface area contributed by atoms with E-state index < -0.39 is 0 Å². The third kappa shape index (κ3) is 6.51. The summed E-state index contributed by atoms with van der Waals surface area (Å²) >= 11 is 0. The molecule has 0 aliphatic rings. The van der Waals surface area contributed by atoms with Crippen molar-refractivity contribution in [1.82, 2.24) is 9.38 Å². The minimum atomic E-state index is -0.337. The number of ketones is 1. The Labute approximate surface area is 277 Å². The van der Waals surface area contributed by atoms with Crippen LogP contribution in [-0.4, -0.2) is 20.3 Å². The summed E-state index contributed by atoms with van der Waals surface area (Å²) in [6.07, 6.45) is 8.69. The van der Waals surface area contributed by atoms with Gasteiger partial charge in [0.2, 0.25) is 0 Å². The summed E-state index contributed by atoms with van der Waals surface area (Å²) in [7, 11) is 0. The standard InChI is InChI=1S/C24H21N2.C15H28O2.Ir/c1-14(2)17-7-8-22-20(12-17)23-16(4)19-11-15(3)5-6-18(19)13-21(23)24-25-9-10-26(22)24;1-7-14(5,8-2)12(16)11-13(17)15(6,9-3)10-4;/h5-12,14H,1-4H3;11,16H,7-10H2,1-6H3;/q-1;;/b;12-11-;. The molecule has 1 N–H and O–H groups in total. The van der Waals surface area contributed by atoms with Gasteiger partial charge in [0.1, 0.15) is 5.76 Å². The van der Waals surface area contributed by atoms with Crippen LogP contribution in [0.2, 0.25) is 0 Å². The number of aromatic nitrogens is 2. The second kappa shape index (κ2) is 14.0. The van der Waals surface area contributed by atoms with Crippen LogP contribution in [0, 0.1) is 30.7 Å². The number of hydrogen-bond donors (Lipinski definition) is 1. The number of aryl methyl sites for hydroxylation is 2. The number of imidazole rings is 1. The van der Waals surface area contributed by atoms with Gasteiger partial charge in [0.15, 0.2) is 5.78 Å². The predicted octanol–water partition coefficient (Wildman–Crippen LogP) is 11.0. The number of allylic oxidation sites excluding steroid dienone is 2. The first-order valence-corrected chi connectivity index (χ1v) is 15.9. The summed E-state index contributed by atoms with van der Waals surface area (Å²) in [6, 6.07) is 17.1. The van der Waals surface area contributed by atoms with Gasteiger partial charge in [-0.25, -0.2) is 0 Å². The third-order valence-corrected chi connectivity index (χ3v) is 10.1. The molecular formula is C39H49IrN2O2-. The summed E-state index contributed by atoms with van der Waals surface area (Å²) in [5.41, 5.74) is 5.54. The number of nitrogens with zero attached hydrogens (tertiary/aromatic N) is 2. The van der Waals surface area contributed by atoms with Crippen LogP contribution in [0.4, 0.5) is 0 Å². The Morgan fingerprint density at radius 3 is 2.18 bits per heavy atom. The zero-order valence-electron chi connectivity index (χ0n) is 28.2. The zero-order valence-corrected chi connectivity index (χ0v) is 30.6. The molecular weight excluding hydrogens is 721 g/mol. The van der Waals surface area contributed by atoms with E-state index in [1.54, 1.807) is 0 Å². The number of benzene rings is 3. The normalized spacial score (nSPS) is 12.6. The average Bonchev–Trinajstić information content (AvgIpc) is 3.51. The number of carbonyl (C=O) groups excluding carboxylic acids is 1. The Balaban J connectivity index is 0.000000260. The second-order valence-electron chi connectivity index (χ2n) is 13.0. The van der Waals surface area contributed by atoms with E-state index in [0.717, 1.165) is 42.1 Å². The van der Waals surface area contributed by atoms with E-state index in [2.05, 4.69) is 85.7 Å². The molecule has 5 aromatic rings. The molecule has 0 fully saturated rings. The summed E-state index contributed by atoms with van der Waals surface area (Å²) in [6.45, 7) is 21.0. The number of aliphatic hydroxyl groups excluding tert-OH is 1. The molecule has 5 heteroatoms. The van der Waals surface area contributed by atoms with Crippen LogP contribution in [0.5, 0.6) is 0 Å². The van der Waals surface area contributed by atoms with Crippen molar-refractivity contribution < 1.29 is 30.0 Å². The number of hydrogen-bond acceptors (Lipinski definition) is 3. The molecule has 0 aliphatic carbocycles. The fraction of sp³-hybridized carbons (Fsp3) is 0.436. The minimum absolute atomic E-state index is 0. The molecule has 237 valence electrons. The molecule has 2 aromatic heterocycles. The predicted molar refractivity (Wildman–Crippen MR) is 183 cm³/mol. The van der Waals surface area contributed by atoms with Crippen LogP contribution in [0.25, 0.3) is 38.1 Å². The minimum Gasteiger partial charge on any atom is -0.512 e.